The molecular formula is C18H24N2O4. The van der Waals surface area contributed by atoms with Gasteiger partial charge in [-0.3, -0.25) is 4.90 Å². The molecule has 24 heavy (non-hydrogen) atoms. The van der Waals surface area contributed by atoms with Crippen LogP contribution in [0.5, 0.6) is 0 Å². The molecule has 0 fully saturated rings. The standard InChI is InChI=1S/C18H24N2O4/c1-5-23-16(21)9-7-13-6-8-14-15(12-13)20(11-10-19-14)17(22)24-18(2,3)4/h6-9,12,19H,5,10-11H2,1-4H3/b9-7+. The first-order valence-electron chi connectivity index (χ1n) is 8.03. The highest BCUT2D eigenvalue weighted by molar-refractivity contribution is 5.95. The fraction of sp³-hybridized carbons (Fsp3) is 0.444. The fourth-order valence-electron chi connectivity index (χ4n) is 2.31. The molecule has 130 valence electrons. The summed E-state index contributed by atoms with van der Waals surface area (Å²) in [6.45, 7) is 8.79. The molecule has 0 saturated carbocycles. The van der Waals surface area contributed by atoms with Crippen LogP contribution in [0.1, 0.15) is 33.3 Å². The Bertz CT molecular complexity index is 647. The highest BCUT2D eigenvalue weighted by Gasteiger charge is 2.27. The average Bonchev–Trinajstić information content (AvgIpc) is 2.50. The van der Waals surface area contributed by atoms with E-state index in [-0.39, 0.29) is 6.09 Å². The first-order chi connectivity index (χ1) is 11.3. The smallest absolute Gasteiger partial charge is 0.414 e. The Kier molecular flexibility index (Phi) is 5.49. The van der Waals surface area contributed by atoms with Crippen molar-refractivity contribution in [3.8, 4) is 0 Å². The Morgan fingerprint density at radius 2 is 2.08 bits per heavy atom. The average molecular weight is 332 g/mol. The maximum atomic E-state index is 12.4. The number of nitrogens with one attached hydrogen (secondary N) is 1. The Morgan fingerprint density at radius 3 is 2.75 bits per heavy atom. The molecule has 2 rings (SSSR count). The van der Waals surface area contributed by atoms with Gasteiger partial charge in [0.2, 0.25) is 0 Å². The Hall–Kier alpha value is -2.50. The van der Waals surface area contributed by atoms with Gasteiger partial charge in [-0.2, -0.15) is 0 Å². The molecular weight excluding hydrogens is 308 g/mol. The van der Waals surface area contributed by atoms with Gasteiger partial charge in [0.1, 0.15) is 5.60 Å². The van der Waals surface area contributed by atoms with E-state index in [4.69, 9.17) is 9.47 Å². The first-order valence-corrected chi connectivity index (χ1v) is 8.03. The Balaban J connectivity index is 2.23. The molecule has 0 aliphatic carbocycles. The third-order valence-corrected chi connectivity index (χ3v) is 3.28. The summed E-state index contributed by atoms with van der Waals surface area (Å²) >= 11 is 0. The monoisotopic (exact) mass is 332 g/mol. The number of hydrogen-bond donors (Lipinski definition) is 1. The first kappa shape index (κ1) is 17.8. The van der Waals surface area contributed by atoms with E-state index < -0.39 is 11.6 Å². The number of esters is 1. The quantitative estimate of drug-likeness (QED) is 0.678. The SMILES string of the molecule is CCOC(=O)/C=C/c1ccc2c(c1)N(C(=O)OC(C)(C)C)CCN2. The number of rotatable bonds is 3. The van der Waals surface area contributed by atoms with Gasteiger partial charge in [-0.15, -0.1) is 0 Å². The summed E-state index contributed by atoms with van der Waals surface area (Å²) in [5.74, 6) is -0.391. The molecule has 1 aromatic carbocycles. The predicted molar refractivity (Wildman–Crippen MR) is 94.2 cm³/mol. The van der Waals surface area contributed by atoms with E-state index in [0.717, 1.165) is 16.9 Å². The van der Waals surface area contributed by atoms with Crippen LogP contribution in [-0.2, 0) is 14.3 Å². The lowest BCUT2D eigenvalue weighted by atomic mass is 10.1. The molecule has 0 saturated heterocycles. The molecule has 1 aliphatic rings. The molecule has 0 aromatic heterocycles. The maximum Gasteiger partial charge on any atom is 0.414 e. The molecule has 1 aliphatic heterocycles. The topological polar surface area (TPSA) is 67.9 Å². The van der Waals surface area contributed by atoms with E-state index >= 15 is 0 Å². The van der Waals surface area contributed by atoms with Gasteiger partial charge in [0, 0.05) is 19.2 Å². The van der Waals surface area contributed by atoms with Gasteiger partial charge in [-0.1, -0.05) is 6.07 Å². The summed E-state index contributed by atoms with van der Waals surface area (Å²) in [7, 11) is 0. The molecule has 0 bridgehead atoms. The van der Waals surface area contributed by atoms with Crippen molar-refractivity contribution >= 4 is 29.5 Å². The van der Waals surface area contributed by atoms with Crippen LogP contribution < -0.4 is 10.2 Å². The number of nitrogens with zero attached hydrogens (tertiary/aromatic N) is 1. The van der Waals surface area contributed by atoms with E-state index in [0.29, 0.717) is 19.7 Å². The number of carbonyl (C=O) groups excluding carboxylic acids is 2. The molecule has 0 spiro atoms. The molecule has 6 heteroatoms. The zero-order chi connectivity index (χ0) is 17.7. The van der Waals surface area contributed by atoms with Crippen molar-refractivity contribution < 1.29 is 19.1 Å². The molecule has 1 amide bonds. The minimum absolute atomic E-state index is 0.337. The van der Waals surface area contributed by atoms with Crippen molar-refractivity contribution in [2.24, 2.45) is 0 Å². The van der Waals surface area contributed by atoms with E-state index in [1.165, 1.54) is 6.08 Å². The maximum absolute atomic E-state index is 12.4. The second-order valence-electron chi connectivity index (χ2n) is 6.42. The Morgan fingerprint density at radius 1 is 1.33 bits per heavy atom. The van der Waals surface area contributed by atoms with Crippen LogP contribution >= 0.6 is 0 Å². The third kappa shape index (κ3) is 4.75. The van der Waals surface area contributed by atoms with Crippen molar-refractivity contribution in [3.05, 3.63) is 29.8 Å². The zero-order valence-corrected chi connectivity index (χ0v) is 14.6. The molecule has 1 N–H and O–H groups in total. The van der Waals surface area contributed by atoms with Gasteiger partial charge in [-0.25, -0.2) is 9.59 Å². The minimum Gasteiger partial charge on any atom is -0.463 e. The van der Waals surface area contributed by atoms with Gasteiger partial charge >= 0.3 is 12.1 Å². The predicted octanol–water partition coefficient (Wildman–Crippen LogP) is 3.43. The van der Waals surface area contributed by atoms with E-state index in [9.17, 15) is 9.59 Å². The molecule has 0 atom stereocenters. The number of anilines is 2. The van der Waals surface area contributed by atoms with Crippen LogP contribution in [0.15, 0.2) is 24.3 Å². The van der Waals surface area contributed by atoms with E-state index in [2.05, 4.69) is 5.32 Å². The number of fused-ring (bicyclic) bond motifs is 1. The number of benzene rings is 1. The van der Waals surface area contributed by atoms with Crippen molar-refractivity contribution in [2.75, 3.05) is 29.9 Å². The van der Waals surface area contributed by atoms with Crippen LogP contribution in [0.3, 0.4) is 0 Å². The lowest BCUT2D eigenvalue weighted by Gasteiger charge is -2.32. The van der Waals surface area contributed by atoms with Crippen molar-refractivity contribution in [1.29, 1.82) is 0 Å². The Labute approximate surface area is 142 Å². The normalized spacial score (nSPS) is 14.1. The van der Waals surface area contributed by atoms with Gasteiger partial charge in [-0.05, 0) is 51.5 Å². The number of carbonyl (C=O) groups is 2. The molecule has 1 aromatic rings. The van der Waals surface area contributed by atoms with Crippen LogP contribution in [0, 0.1) is 0 Å². The van der Waals surface area contributed by atoms with Crippen molar-refractivity contribution in [3.63, 3.8) is 0 Å². The summed E-state index contributed by atoms with van der Waals surface area (Å²) in [4.78, 5) is 25.5. The summed E-state index contributed by atoms with van der Waals surface area (Å²) in [5, 5.41) is 3.26. The van der Waals surface area contributed by atoms with Gasteiger partial charge in [0.25, 0.3) is 0 Å². The summed E-state index contributed by atoms with van der Waals surface area (Å²) < 4.78 is 10.3. The highest BCUT2D eigenvalue weighted by atomic mass is 16.6. The van der Waals surface area contributed by atoms with Gasteiger partial charge < -0.3 is 14.8 Å². The lowest BCUT2D eigenvalue weighted by Crippen LogP contribution is -2.42. The number of ether oxygens (including phenoxy) is 2. The van der Waals surface area contributed by atoms with Crippen LogP contribution in [0.4, 0.5) is 16.2 Å². The highest BCUT2D eigenvalue weighted by Crippen LogP contribution is 2.31. The van der Waals surface area contributed by atoms with Crippen LogP contribution in [0.2, 0.25) is 0 Å². The second kappa shape index (κ2) is 7.38. The number of amides is 1. The molecule has 0 radical (unpaired) electrons. The second-order valence-corrected chi connectivity index (χ2v) is 6.42. The van der Waals surface area contributed by atoms with Crippen molar-refractivity contribution in [1.82, 2.24) is 0 Å². The third-order valence-electron chi connectivity index (χ3n) is 3.28. The van der Waals surface area contributed by atoms with Crippen LogP contribution in [-0.4, -0.2) is 37.4 Å². The lowest BCUT2D eigenvalue weighted by molar-refractivity contribution is -0.137. The van der Waals surface area contributed by atoms with Crippen LogP contribution in [0.25, 0.3) is 6.08 Å². The van der Waals surface area contributed by atoms with Crippen molar-refractivity contribution in [2.45, 2.75) is 33.3 Å². The number of hydrogen-bond acceptors (Lipinski definition) is 5. The fourth-order valence-corrected chi connectivity index (χ4v) is 2.31. The largest absolute Gasteiger partial charge is 0.463 e. The molecule has 1 heterocycles. The summed E-state index contributed by atoms with van der Waals surface area (Å²) in [6.07, 6.45) is 2.66. The molecule has 0 unspecified atom stereocenters. The summed E-state index contributed by atoms with van der Waals surface area (Å²) in [5.41, 5.74) is 1.85. The van der Waals surface area contributed by atoms with Gasteiger partial charge in [0.05, 0.1) is 18.0 Å². The van der Waals surface area contributed by atoms with E-state index in [1.54, 1.807) is 17.9 Å². The van der Waals surface area contributed by atoms with Gasteiger partial charge in [0.15, 0.2) is 0 Å². The van der Waals surface area contributed by atoms with E-state index in [1.807, 2.05) is 39.0 Å². The molecule has 6 nitrogen and oxygen atoms in total. The zero-order valence-electron chi connectivity index (χ0n) is 14.6. The summed E-state index contributed by atoms with van der Waals surface area (Å²) in [6, 6.07) is 5.61. The minimum atomic E-state index is -0.552.